The molecule has 1 amide bonds. The highest BCUT2D eigenvalue weighted by Crippen LogP contribution is 2.25. The third kappa shape index (κ3) is 5.30. The number of anilines is 1. The first-order chi connectivity index (χ1) is 17.2. The number of thiophene rings is 1. The third-order valence-electron chi connectivity index (χ3n) is 5.11. The molecule has 0 bridgehead atoms. The van der Waals surface area contributed by atoms with E-state index in [9.17, 15) is 4.79 Å². The second kappa shape index (κ2) is 10.4. The predicted octanol–water partition coefficient (Wildman–Crippen LogP) is 5.33. The van der Waals surface area contributed by atoms with Gasteiger partial charge in [0.2, 0.25) is 0 Å². The molecule has 0 spiro atoms. The highest BCUT2D eigenvalue weighted by atomic mass is 32.1. The molecule has 35 heavy (non-hydrogen) atoms. The van der Waals surface area contributed by atoms with Crippen molar-refractivity contribution in [2.75, 3.05) is 18.5 Å². The maximum atomic E-state index is 12.5. The molecule has 3 heterocycles. The van der Waals surface area contributed by atoms with Gasteiger partial charge in [-0.2, -0.15) is 9.61 Å². The molecular weight excluding hydrogens is 462 g/mol. The van der Waals surface area contributed by atoms with Crippen molar-refractivity contribution in [1.82, 2.24) is 19.8 Å². The van der Waals surface area contributed by atoms with E-state index in [2.05, 4.69) is 22.4 Å². The van der Waals surface area contributed by atoms with Gasteiger partial charge >= 0.3 is 0 Å². The van der Waals surface area contributed by atoms with Crippen molar-refractivity contribution in [3.8, 4) is 33.5 Å². The lowest BCUT2D eigenvalue weighted by Gasteiger charge is -2.10. The molecule has 5 rings (SSSR count). The third-order valence-corrected chi connectivity index (χ3v) is 5.98. The Morgan fingerprint density at radius 1 is 0.971 bits per heavy atom. The fourth-order valence-electron chi connectivity index (χ4n) is 3.46. The molecule has 8 nitrogen and oxygen atoms in total. The number of amides is 1. The summed E-state index contributed by atoms with van der Waals surface area (Å²) in [5, 5.41) is 18.1. The summed E-state index contributed by atoms with van der Waals surface area (Å²) in [6.45, 7) is 2.62. The van der Waals surface area contributed by atoms with Gasteiger partial charge in [-0.05, 0) is 66.4 Å². The molecule has 3 aromatic heterocycles. The van der Waals surface area contributed by atoms with Crippen molar-refractivity contribution in [1.29, 1.82) is 0 Å². The molecule has 0 aliphatic heterocycles. The minimum atomic E-state index is -0.254. The summed E-state index contributed by atoms with van der Waals surface area (Å²) in [5.74, 6) is 1.83. The van der Waals surface area contributed by atoms with E-state index in [1.165, 1.54) is 0 Å². The molecule has 0 atom stereocenters. The number of ether oxygens (including phenoxy) is 2. The second-order valence-electron chi connectivity index (χ2n) is 7.73. The first-order valence-electron chi connectivity index (χ1n) is 11.2. The fraction of sp³-hybridized carbons (Fsp3) is 0.154. The van der Waals surface area contributed by atoms with E-state index in [0.29, 0.717) is 29.5 Å². The number of nitrogens with zero attached hydrogens (tertiary/aromatic N) is 4. The van der Waals surface area contributed by atoms with Gasteiger partial charge in [0.25, 0.3) is 5.91 Å². The van der Waals surface area contributed by atoms with Crippen molar-refractivity contribution < 1.29 is 14.3 Å². The smallest absolute Gasteiger partial charge is 0.262 e. The van der Waals surface area contributed by atoms with Crippen LogP contribution in [0.2, 0.25) is 0 Å². The Morgan fingerprint density at radius 2 is 1.80 bits per heavy atom. The largest absolute Gasteiger partial charge is 0.494 e. The van der Waals surface area contributed by atoms with Crippen LogP contribution >= 0.6 is 11.3 Å². The Labute approximate surface area is 206 Å². The zero-order valence-corrected chi connectivity index (χ0v) is 19.9. The Morgan fingerprint density at radius 3 is 2.57 bits per heavy atom. The normalized spacial score (nSPS) is 10.9. The molecule has 5 aromatic rings. The average molecular weight is 486 g/mol. The fourth-order valence-corrected chi connectivity index (χ4v) is 4.15. The lowest BCUT2D eigenvalue weighted by atomic mass is 10.1. The van der Waals surface area contributed by atoms with Crippen LogP contribution in [0.15, 0.2) is 78.2 Å². The quantitative estimate of drug-likeness (QED) is 0.304. The summed E-state index contributed by atoms with van der Waals surface area (Å²) in [6.07, 6.45) is 0.946. The van der Waals surface area contributed by atoms with Crippen LogP contribution in [0.1, 0.15) is 13.3 Å². The number of carbonyl (C=O) groups is 1. The van der Waals surface area contributed by atoms with Gasteiger partial charge in [0.15, 0.2) is 18.1 Å². The van der Waals surface area contributed by atoms with Crippen LogP contribution in [-0.4, -0.2) is 38.9 Å². The first-order valence-corrected chi connectivity index (χ1v) is 12.1. The van der Waals surface area contributed by atoms with E-state index >= 15 is 0 Å². The summed E-state index contributed by atoms with van der Waals surface area (Å²) in [6, 6.07) is 22.5. The molecule has 176 valence electrons. The molecule has 0 saturated heterocycles. The summed E-state index contributed by atoms with van der Waals surface area (Å²) in [5.41, 5.74) is 2.93. The zero-order chi connectivity index (χ0) is 24.0. The van der Waals surface area contributed by atoms with Crippen LogP contribution in [0.4, 0.5) is 5.69 Å². The Kier molecular flexibility index (Phi) is 6.67. The van der Waals surface area contributed by atoms with Gasteiger partial charge in [-0.25, -0.2) is 0 Å². The highest BCUT2D eigenvalue weighted by molar-refractivity contribution is 7.13. The van der Waals surface area contributed by atoms with Gasteiger partial charge in [-0.3, -0.25) is 4.79 Å². The van der Waals surface area contributed by atoms with E-state index in [4.69, 9.17) is 14.6 Å². The lowest BCUT2D eigenvalue weighted by Crippen LogP contribution is -2.20. The zero-order valence-electron chi connectivity index (χ0n) is 19.0. The number of carbonyl (C=O) groups excluding carboxylic acids is 1. The molecule has 0 unspecified atom stereocenters. The minimum Gasteiger partial charge on any atom is -0.494 e. The SMILES string of the molecule is CCCOc1ccc(OCC(=O)Nc2cccc(-c3ccc4nnc(-c5cccs5)n4n3)c2)cc1. The van der Waals surface area contributed by atoms with Gasteiger partial charge in [0, 0.05) is 11.3 Å². The van der Waals surface area contributed by atoms with Crippen LogP contribution in [-0.2, 0) is 4.79 Å². The van der Waals surface area contributed by atoms with Crippen molar-refractivity contribution in [2.24, 2.45) is 0 Å². The van der Waals surface area contributed by atoms with E-state index in [1.54, 1.807) is 28.0 Å². The Hall–Kier alpha value is -4.24. The number of rotatable bonds is 9. The van der Waals surface area contributed by atoms with E-state index < -0.39 is 0 Å². The van der Waals surface area contributed by atoms with Gasteiger partial charge in [-0.1, -0.05) is 25.1 Å². The van der Waals surface area contributed by atoms with Crippen LogP contribution in [0.25, 0.3) is 27.6 Å². The van der Waals surface area contributed by atoms with Gasteiger partial charge in [-0.15, -0.1) is 21.5 Å². The number of hydrogen-bond acceptors (Lipinski definition) is 7. The summed E-state index contributed by atoms with van der Waals surface area (Å²) in [7, 11) is 0. The standard InChI is InChI=1S/C26H23N5O3S/c1-2-14-33-20-8-10-21(11-9-20)34-17-25(32)27-19-6-3-5-18(16-19)22-12-13-24-28-29-26(31(24)30-22)23-7-4-15-35-23/h3-13,15-16H,2,14,17H2,1H3,(H,27,32). The van der Waals surface area contributed by atoms with Crippen LogP contribution in [0.3, 0.4) is 0 Å². The van der Waals surface area contributed by atoms with E-state index in [-0.39, 0.29) is 12.5 Å². The number of fused-ring (bicyclic) bond motifs is 1. The topological polar surface area (TPSA) is 90.6 Å². The molecule has 0 aliphatic rings. The second-order valence-corrected chi connectivity index (χ2v) is 8.67. The van der Waals surface area contributed by atoms with Crippen molar-refractivity contribution in [2.45, 2.75) is 13.3 Å². The maximum Gasteiger partial charge on any atom is 0.262 e. The number of nitrogens with one attached hydrogen (secondary N) is 1. The molecule has 9 heteroatoms. The molecule has 1 N–H and O–H groups in total. The Bertz CT molecular complexity index is 1430. The van der Waals surface area contributed by atoms with Crippen LogP contribution in [0.5, 0.6) is 11.5 Å². The monoisotopic (exact) mass is 485 g/mol. The van der Waals surface area contributed by atoms with Crippen LogP contribution in [0, 0.1) is 0 Å². The van der Waals surface area contributed by atoms with Crippen molar-refractivity contribution in [3.05, 3.63) is 78.2 Å². The lowest BCUT2D eigenvalue weighted by molar-refractivity contribution is -0.118. The number of aromatic nitrogens is 4. The molecule has 0 aliphatic carbocycles. The van der Waals surface area contributed by atoms with Gasteiger partial charge in [0.1, 0.15) is 11.5 Å². The predicted molar refractivity (Wildman–Crippen MR) is 136 cm³/mol. The summed E-state index contributed by atoms with van der Waals surface area (Å²) >= 11 is 1.58. The molecule has 2 aromatic carbocycles. The summed E-state index contributed by atoms with van der Waals surface area (Å²) in [4.78, 5) is 13.5. The molecule has 0 fully saturated rings. The Balaban J connectivity index is 1.25. The average Bonchev–Trinajstić information content (AvgIpc) is 3.56. The van der Waals surface area contributed by atoms with Crippen molar-refractivity contribution in [3.63, 3.8) is 0 Å². The van der Waals surface area contributed by atoms with E-state index in [1.807, 2.05) is 66.0 Å². The van der Waals surface area contributed by atoms with E-state index in [0.717, 1.165) is 28.3 Å². The van der Waals surface area contributed by atoms with Crippen molar-refractivity contribution >= 4 is 28.6 Å². The van der Waals surface area contributed by atoms with Crippen LogP contribution < -0.4 is 14.8 Å². The van der Waals surface area contributed by atoms with Gasteiger partial charge < -0.3 is 14.8 Å². The minimum absolute atomic E-state index is 0.103. The highest BCUT2D eigenvalue weighted by Gasteiger charge is 2.12. The molecular formula is C26H23N5O3S. The van der Waals surface area contributed by atoms with Gasteiger partial charge in [0.05, 0.1) is 17.2 Å². The molecule has 0 radical (unpaired) electrons. The summed E-state index contributed by atoms with van der Waals surface area (Å²) < 4.78 is 12.9. The molecule has 0 saturated carbocycles. The maximum absolute atomic E-state index is 12.5. The first kappa shape index (κ1) is 22.5. The number of hydrogen-bond donors (Lipinski definition) is 1. The number of benzene rings is 2.